The first-order valence-electron chi connectivity index (χ1n) is 8.54. The highest BCUT2D eigenvalue weighted by Crippen LogP contribution is 2.30. The van der Waals surface area contributed by atoms with Crippen LogP contribution in [0.2, 0.25) is 0 Å². The van der Waals surface area contributed by atoms with Crippen LogP contribution >= 0.6 is 11.3 Å². The minimum absolute atomic E-state index is 0.0826. The van der Waals surface area contributed by atoms with Gasteiger partial charge < -0.3 is 14.6 Å². The predicted octanol–water partition coefficient (Wildman–Crippen LogP) is 3.91. The van der Waals surface area contributed by atoms with Crippen LogP contribution in [-0.2, 0) is 0 Å². The number of aromatic nitrogens is 1. The molecule has 144 valence electrons. The number of para-hydroxylation sites is 1. The Balaban J connectivity index is 2.10. The van der Waals surface area contributed by atoms with Gasteiger partial charge in [-0.3, -0.25) is 4.99 Å². The molecule has 6 nitrogen and oxygen atoms in total. The molecule has 1 heterocycles. The summed E-state index contributed by atoms with van der Waals surface area (Å²) in [4.78, 5) is 5.27. The molecule has 0 amide bonds. The van der Waals surface area contributed by atoms with E-state index in [1.165, 1.54) is 18.4 Å². The lowest BCUT2D eigenvalue weighted by Gasteiger charge is -2.09. The first-order chi connectivity index (χ1) is 13.7. The molecule has 0 aliphatic heterocycles. The van der Waals surface area contributed by atoms with Crippen molar-refractivity contribution < 1.29 is 14.6 Å². The van der Waals surface area contributed by atoms with Gasteiger partial charge in [0.25, 0.3) is 0 Å². The number of hydrogen-bond donors (Lipinski definition) is 1. The van der Waals surface area contributed by atoms with Gasteiger partial charge in [0.05, 0.1) is 32.7 Å². The third kappa shape index (κ3) is 4.15. The molecule has 3 aromatic rings. The van der Waals surface area contributed by atoms with E-state index in [1.807, 2.05) is 29.6 Å². The average Bonchev–Trinajstić information content (AvgIpc) is 3.14. The van der Waals surface area contributed by atoms with Gasteiger partial charge in [-0.2, -0.15) is 5.10 Å². The number of aromatic hydroxyl groups is 1. The van der Waals surface area contributed by atoms with Gasteiger partial charge in [-0.05, 0) is 35.9 Å². The Labute approximate surface area is 167 Å². The van der Waals surface area contributed by atoms with Crippen molar-refractivity contribution in [3.05, 3.63) is 70.9 Å². The minimum Gasteiger partial charge on any atom is -0.504 e. The van der Waals surface area contributed by atoms with E-state index in [9.17, 15) is 5.11 Å². The van der Waals surface area contributed by atoms with E-state index >= 15 is 0 Å². The van der Waals surface area contributed by atoms with E-state index in [0.29, 0.717) is 12.3 Å². The summed E-state index contributed by atoms with van der Waals surface area (Å²) in [7, 11) is 3.15. The van der Waals surface area contributed by atoms with Crippen LogP contribution in [0.1, 0.15) is 5.56 Å². The third-order valence-electron chi connectivity index (χ3n) is 3.95. The van der Waals surface area contributed by atoms with Crippen LogP contribution in [0, 0.1) is 0 Å². The molecule has 0 spiro atoms. The van der Waals surface area contributed by atoms with Crippen molar-refractivity contribution in [3.63, 3.8) is 0 Å². The van der Waals surface area contributed by atoms with Gasteiger partial charge in [-0.15, -0.1) is 17.9 Å². The molecule has 28 heavy (non-hydrogen) atoms. The van der Waals surface area contributed by atoms with Gasteiger partial charge in [0, 0.05) is 10.9 Å². The first-order valence-corrected chi connectivity index (χ1v) is 9.42. The number of methoxy groups -OCH3 is 2. The molecule has 0 radical (unpaired) electrons. The molecule has 0 bridgehead atoms. The number of thiazole rings is 1. The first kappa shape index (κ1) is 19.4. The van der Waals surface area contributed by atoms with E-state index in [0.717, 1.165) is 27.4 Å². The lowest BCUT2D eigenvalue weighted by Crippen LogP contribution is -2.12. The number of ether oxygens (including phenoxy) is 2. The Kier molecular flexibility index (Phi) is 6.29. The maximum Gasteiger partial charge on any atom is 0.206 e. The second-order valence-electron chi connectivity index (χ2n) is 5.72. The topological polar surface area (TPSA) is 68.3 Å². The van der Waals surface area contributed by atoms with E-state index in [2.05, 4.69) is 16.7 Å². The van der Waals surface area contributed by atoms with Gasteiger partial charge in [-0.25, -0.2) is 4.68 Å². The second kappa shape index (κ2) is 9.05. The Morgan fingerprint density at radius 1 is 1.14 bits per heavy atom. The zero-order chi connectivity index (χ0) is 19.9. The van der Waals surface area contributed by atoms with Gasteiger partial charge >= 0.3 is 0 Å². The standard InChI is InChI=1S/C21H21N3O3S/c1-4-11-22-21-24(23-13-15-9-10-18(25)20(12-15)27-3)17(14-28-21)16-7-5-6-8-19(16)26-2/h4-10,12-14,25H,1,11H2,2-3H3. The van der Waals surface area contributed by atoms with Crippen LogP contribution in [0.25, 0.3) is 11.3 Å². The fourth-order valence-electron chi connectivity index (χ4n) is 2.60. The zero-order valence-electron chi connectivity index (χ0n) is 15.7. The Morgan fingerprint density at radius 3 is 2.68 bits per heavy atom. The third-order valence-corrected chi connectivity index (χ3v) is 4.80. The number of hydrogen-bond acceptors (Lipinski definition) is 6. The molecule has 7 heteroatoms. The Bertz CT molecular complexity index is 1070. The molecular weight excluding hydrogens is 374 g/mol. The Hall–Kier alpha value is -3.32. The largest absolute Gasteiger partial charge is 0.504 e. The van der Waals surface area contributed by atoms with Crippen LogP contribution in [0.15, 0.2) is 70.6 Å². The number of benzene rings is 2. The predicted molar refractivity (Wildman–Crippen MR) is 113 cm³/mol. The summed E-state index contributed by atoms with van der Waals surface area (Å²) >= 11 is 1.49. The van der Waals surface area contributed by atoms with Crippen LogP contribution in [0.5, 0.6) is 17.2 Å². The molecule has 2 aromatic carbocycles. The van der Waals surface area contributed by atoms with Crippen molar-refractivity contribution in [1.29, 1.82) is 0 Å². The lowest BCUT2D eigenvalue weighted by molar-refractivity contribution is 0.373. The van der Waals surface area contributed by atoms with E-state index < -0.39 is 0 Å². The fourth-order valence-corrected chi connectivity index (χ4v) is 3.44. The average molecular weight is 395 g/mol. The van der Waals surface area contributed by atoms with Gasteiger partial charge in [0.2, 0.25) is 4.80 Å². The zero-order valence-corrected chi connectivity index (χ0v) is 16.5. The van der Waals surface area contributed by atoms with Crippen molar-refractivity contribution in [2.75, 3.05) is 20.8 Å². The van der Waals surface area contributed by atoms with Crippen molar-refractivity contribution in [3.8, 4) is 28.5 Å². The highest BCUT2D eigenvalue weighted by molar-refractivity contribution is 7.07. The number of rotatable bonds is 7. The van der Waals surface area contributed by atoms with E-state index in [4.69, 9.17) is 9.47 Å². The van der Waals surface area contributed by atoms with Gasteiger partial charge in [0.15, 0.2) is 11.5 Å². The highest BCUT2D eigenvalue weighted by atomic mass is 32.1. The van der Waals surface area contributed by atoms with Crippen molar-refractivity contribution in [2.24, 2.45) is 10.1 Å². The monoisotopic (exact) mass is 395 g/mol. The number of phenolic OH excluding ortho intramolecular Hbond substituents is 1. The van der Waals surface area contributed by atoms with Crippen LogP contribution in [0.3, 0.4) is 0 Å². The SMILES string of the molecule is C=CCN=c1scc(-c2ccccc2OC)n1N=Cc1ccc(O)c(OC)c1. The number of phenols is 1. The van der Waals surface area contributed by atoms with Crippen LogP contribution < -0.4 is 14.3 Å². The summed E-state index contributed by atoms with van der Waals surface area (Å²) in [5, 5.41) is 16.4. The molecule has 0 fully saturated rings. The summed E-state index contributed by atoms with van der Waals surface area (Å²) < 4.78 is 12.4. The fraction of sp³-hybridized carbons (Fsp3) is 0.143. The molecule has 0 aliphatic carbocycles. The Morgan fingerprint density at radius 2 is 1.93 bits per heavy atom. The van der Waals surface area contributed by atoms with Crippen LogP contribution in [-0.4, -0.2) is 36.8 Å². The van der Waals surface area contributed by atoms with Crippen molar-refractivity contribution in [1.82, 2.24) is 4.68 Å². The number of nitrogens with zero attached hydrogens (tertiary/aromatic N) is 3. The maximum absolute atomic E-state index is 9.77. The van der Waals surface area contributed by atoms with Crippen LogP contribution in [0.4, 0.5) is 0 Å². The highest BCUT2D eigenvalue weighted by Gasteiger charge is 2.12. The normalized spacial score (nSPS) is 11.7. The summed E-state index contributed by atoms with van der Waals surface area (Å²) in [5.41, 5.74) is 2.57. The lowest BCUT2D eigenvalue weighted by atomic mass is 10.1. The summed E-state index contributed by atoms with van der Waals surface area (Å²) in [6.45, 7) is 4.22. The second-order valence-corrected chi connectivity index (χ2v) is 6.56. The van der Waals surface area contributed by atoms with E-state index in [1.54, 1.807) is 42.3 Å². The summed E-state index contributed by atoms with van der Waals surface area (Å²) in [6, 6.07) is 12.8. The molecule has 0 atom stereocenters. The van der Waals surface area contributed by atoms with Gasteiger partial charge in [-0.1, -0.05) is 18.2 Å². The molecule has 0 saturated carbocycles. The van der Waals surface area contributed by atoms with E-state index in [-0.39, 0.29) is 5.75 Å². The maximum atomic E-state index is 9.77. The van der Waals surface area contributed by atoms with Crippen molar-refractivity contribution >= 4 is 17.6 Å². The summed E-state index contributed by atoms with van der Waals surface area (Å²) in [6.07, 6.45) is 3.43. The molecule has 0 unspecified atom stereocenters. The molecule has 0 aliphatic rings. The van der Waals surface area contributed by atoms with Gasteiger partial charge in [0.1, 0.15) is 5.75 Å². The molecule has 1 N–H and O–H groups in total. The summed E-state index contributed by atoms with van der Waals surface area (Å²) in [5.74, 6) is 1.23. The molecule has 1 aromatic heterocycles. The minimum atomic E-state index is 0.0826. The quantitative estimate of drug-likeness (QED) is 0.487. The molecular formula is C21H21N3O3S. The molecule has 3 rings (SSSR count). The molecule has 0 saturated heterocycles. The smallest absolute Gasteiger partial charge is 0.206 e. The van der Waals surface area contributed by atoms with Crippen molar-refractivity contribution in [2.45, 2.75) is 0 Å².